The van der Waals surface area contributed by atoms with Crippen molar-refractivity contribution in [2.75, 3.05) is 25.1 Å². The van der Waals surface area contributed by atoms with Gasteiger partial charge in [0, 0.05) is 69.5 Å². The number of ketones is 3. The molecule has 4 atom stereocenters. The fourth-order valence-electron chi connectivity index (χ4n) is 6.22. The SMILES string of the molecule is COC(C)C(C[C@@H]1CC(=O)N(c2ccc(C3CCC(=O)CC3)c(F)c2)C1)C(=O)CC(C)CC(=O)C1=CCNC=C1. The second-order valence-corrected chi connectivity index (χ2v) is 11.7. The Balaban J connectivity index is 1.36. The van der Waals surface area contributed by atoms with Gasteiger partial charge in [-0.25, -0.2) is 4.39 Å². The molecule has 1 N–H and O–H groups in total. The Hall–Kier alpha value is -3.13. The van der Waals surface area contributed by atoms with Crippen LogP contribution in [0.5, 0.6) is 0 Å². The van der Waals surface area contributed by atoms with Gasteiger partial charge in [0.1, 0.15) is 17.4 Å². The van der Waals surface area contributed by atoms with Gasteiger partial charge in [-0.1, -0.05) is 19.1 Å². The smallest absolute Gasteiger partial charge is 0.227 e. The molecule has 0 spiro atoms. The summed E-state index contributed by atoms with van der Waals surface area (Å²) in [5, 5.41) is 3.03. The van der Waals surface area contributed by atoms with Crippen molar-refractivity contribution in [3.05, 3.63) is 53.5 Å². The maximum absolute atomic E-state index is 15.1. The standard InChI is InChI=1S/C32H41FN2O5/c1-20(14-30(37)24-10-12-34-13-11-24)15-31(38)28(21(2)40-3)16-22-17-32(39)35(19-22)25-6-9-27(29(33)18-25)23-4-7-26(36)8-5-23/h6,9-12,18,20-23,28,34H,4-5,7-8,13-17,19H2,1-3H3/t20?,21?,22-,28?/m1/s1. The van der Waals surface area contributed by atoms with Gasteiger partial charge in [-0.15, -0.1) is 0 Å². The Kier molecular flexibility index (Phi) is 10.1. The van der Waals surface area contributed by atoms with Gasteiger partial charge in [0.05, 0.1) is 6.10 Å². The lowest BCUT2D eigenvalue weighted by Gasteiger charge is -2.26. The predicted molar refractivity (Wildman–Crippen MR) is 151 cm³/mol. The fraction of sp³-hybridized carbons (Fsp3) is 0.562. The summed E-state index contributed by atoms with van der Waals surface area (Å²) >= 11 is 0. The van der Waals surface area contributed by atoms with Crippen LogP contribution < -0.4 is 10.2 Å². The van der Waals surface area contributed by atoms with E-state index in [4.69, 9.17) is 4.74 Å². The molecule has 40 heavy (non-hydrogen) atoms. The third-order valence-corrected chi connectivity index (χ3v) is 8.65. The number of hydrogen-bond acceptors (Lipinski definition) is 6. The molecular formula is C32H41FN2O5. The van der Waals surface area contributed by atoms with Crippen LogP contribution in [0.3, 0.4) is 0 Å². The van der Waals surface area contributed by atoms with Crippen molar-refractivity contribution in [3.8, 4) is 0 Å². The van der Waals surface area contributed by atoms with Crippen molar-refractivity contribution >= 4 is 28.9 Å². The number of benzene rings is 1. The monoisotopic (exact) mass is 552 g/mol. The summed E-state index contributed by atoms with van der Waals surface area (Å²) in [4.78, 5) is 52.1. The molecule has 3 unspecified atom stereocenters. The highest BCUT2D eigenvalue weighted by Gasteiger charge is 2.36. The van der Waals surface area contributed by atoms with Crippen LogP contribution in [-0.4, -0.2) is 49.6 Å². The summed E-state index contributed by atoms with van der Waals surface area (Å²) in [5.41, 5.74) is 1.80. The molecule has 1 aromatic rings. The lowest BCUT2D eigenvalue weighted by Crippen LogP contribution is -2.32. The average Bonchev–Trinajstić information content (AvgIpc) is 3.32. The first-order valence-electron chi connectivity index (χ1n) is 14.5. The summed E-state index contributed by atoms with van der Waals surface area (Å²) in [7, 11) is 1.58. The van der Waals surface area contributed by atoms with Crippen LogP contribution in [0, 0.1) is 23.6 Å². The molecular weight excluding hydrogens is 511 g/mol. The highest BCUT2D eigenvalue weighted by atomic mass is 19.1. The van der Waals surface area contributed by atoms with Gasteiger partial charge in [0.2, 0.25) is 5.91 Å². The Morgan fingerprint density at radius 3 is 2.55 bits per heavy atom. The van der Waals surface area contributed by atoms with Crippen LogP contribution in [0.25, 0.3) is 0 Å². The van der Waals surface area contributed by atoms with Crippen LogP contribution in [0.4, 0.5) is 10.1 Å². The Bertz CT molecular complexity index is 1180. The largest absolute Gasteiger partial charge is 0.387 e. The van der Waals surface area contributed by atoms with Crippen LogP contribution in [-0.2, 0) is 23.9 Å². The predicted octanol–water partition coefficient (Wildman–Crippen LogP) is 5.04. The van der Waals surface area contributed by atoms with E-state index in [0.29, 0.717) is 68.4 Å². The molecule has 2 fully saturated rings. The molecule has 1 saturated heterocycles. The zero-order valence-electron chi connectivity index (χ0n) is 23.8. The molecule has 1 amide bonds. The zero-order valence-corrected chi connectivity index (χ0v) is 23.8. The van der Waals surface area contributed by atoms with E-state index in [1.807, 2.05) is 19.9 Å². The topological polar surface area (TPSA) is 92.8 Å². The van der Waals surface area contributed by atoms with E-state index in [0.717, 1.165) is 0 Å². The molecule has 8 heteroatoms. The van der Waals surface area contributed by atoms with Gasteiger partial charge in [-0.3, -0.25) is 19.2 Å². The van der Waals surface area contributed by atoms with E-state index < -0.39 is 5.92 Å². The third-order valence-electron chi connectivity index (χ3n) is 8.65. The van der Waals surface area contributed by atoms with Crippen LogP contribution in [0.15, 0.2) is 42.1 Å². The summed E-state index contributed by atoms with van der Waals surface area (Å²) in [6.07, 6.45) is 8.68. The maximum Gasteiger partial charge on any atom is 0.227 e. The zero-order chi connectivity index (χ0) is 28.8. The average molecular weight is 553 g/mol. The summed E-state index contributed by atoms with van der Waals surface area (Å²) in [6, 6.07) is 4.98. The number of nitrogens with zero attached hydrogens (tertiary/aromatic N) is 1. The van der Waals surface area contributed by atoms with Crippen LogP contribution in [0.2, 0.25) is 0 Å². The van der Waals surface area contributed by atoms with Gasteiger partial charge in [-0.05, 0) is 73.9 Å². The Morgan fingerprint density at radius 1 is 1.15 bits per heavy atom. The quantitative estimate of drug-likeness (QED) is 0.390. The summed E-state index contributed by atoms with van der Waals surface area (Å²) < 4.78 is 20.6. The highest BCUT2D eigenvalue weighted by molar-refractivity contribution is 5.98. The first-order valence-corrected chi connectivity index (χ1v) is 14.5. The molecule has 1 aliphatic carbocycles. The molecule has 1 saturated carbocycles. The number of carbonyl (C=O) groups is 4. The van der Waals surface area contributed by atoms with Gasteiger partial charge in [0.25, 0.3) is 0 Å². The molecule has 7 nitrogen and oxygen atoms in total. The van der Waals surface area contributed by atoms with Crippen molar-refractivity contribution in [1.82, 2.24) is 5.32 Å². The minimum absolute atomic E-state index is 0.0293. The fourth-order valence-corrected chi connectivity index (χ4v) is 6.22. The molecule has 4 rings (SSSR count). The minimum Gasteiger partial charge on any atom is -0.387 e. The summed E-state index contributed by atoms with van der Waals surface area (Å²) in [5.74, 6) is -0.662. The van der Waals surface area contributed by atoms with E-state index in [-0.39, 0.29) is 65.8 Å². The van der Waals surface area contributed by atoms with Crippen molar-refractivity contribution in [2.24, 2.45) is 17.8 Å². The lowest BCUT2D eigenvalue weighted by atomic mass is 9.83. The first-order chi connectivity index (χ1) is 19.2. The molecule has 0 bridgehead atoms. The number of nitrogens with one attached hydrogen (secondary N) is 1. The number of halogens is 1. The number of anilines is 1. The molecule has 3 aliphatic rings. The van der Waals surface area contributed by atoms with E-state index in [1.165, 1.54) is 6.07 Å². The van der Waals surface area contributed by atoms with Gasteiger partial charge in [-0.2, -0.15) is 0 Å². The molecule has 0 aromatic heterocycles. The number of ether oxygens (including phenoxy) is 1. The van der Waals surface area contributed by atoms with Crippen molar-refractivity contribution in [1.29, 1.82) is 0 Å². The molecule has 2 aliphatic heterocycles. The molecule has 216 valence electrons. The number of dihydropyridines is 1. The lowest BCUT2D eigenvalue weighted by molar-refractivity contribution is -0.129. The van der Waals surface area contributed by atoms with Gasteiger partial charge >= 0.3 is 0 Å². The Morgan fingerprint density at radius 2 is 1.90 bits per heavy atom. The Labute approximate surface area is 236 Å². The normalized spacial score (nSPS) is 22.1. The maximum atomic E-state index is 15.1. The number of methoxy groups -OCH3 is 1. The number of amides is 1. The number of carbonyl (C=O) groups excluding carboxylic acids is 4. The number of allylic oxidation sites excluding steroid dienone is 2. The van der Waals surface area contributed by atoms with E-state index in [2.05, 4.69) is 5.32 Å². The van der Waals surface area contributed by atoms with Gasteiger partial charge < -0.3 is 15.0 Å². The number of hydrogen-bond donors (Lipinski definition) is 1. The van der Waals surface area contributed by atoms with Gasteiger partial charge in [0.15, 0.2) is 5.78 Å². The first kappa shape index (κ1) is 29.8. The molecule has 1 aromatic carbocycles. The second-order valence-electron chi connectivity index (χ2n) is 11.7. The van der Waals surface area contributed by atoms with E-state index in [1.54, 1.807) is 36.4 Å². The summed E-state index contributed by atoms with van der Waals surface area (Å²) in [6.45, 7) is 4.82. The number of rotatable bonds is 12. The van der Waals surface area contributed by atoms with Crippen LogP contribution in [0.1, 0.15) is 76.7 Å². The van der Waals surface area contributed by atoms with Crippen molar-refractivity contribution in [2.45, 2.75) is 77.2 Å². The molecule has 0 radical (unpaired) electrons. The highest BCUT2D eigenvalue weighted by Crippen LogP contribution is 2.36. The molecule has 2 heterocycles. The second kappa shape index (κ2) is 13.5. The third kappa shape index (κ3) is 7.33. The van der Waals surface area contributed by atoms with E-state index >= 15 is 4.39 Å². The minimum atomic E-state index is -0.397. The van der Waals surface area contributed by atoms with Crippen molar-refractivity contribution in [3.63, 3.8) is 0 Å². The van der Waals surface area contributed by atoms with Crippen LogP contribution >= 0.6 is 0 Å². The number of Topliss-reactive ketones (excluding diaryl/α,β-unsaturated/α-hetero) is 3. The van der Waals surface area contributed by atoms with E-state index in [9.17, 15) is 19.2 Å². The van der Waals surface area contributed by atoms with Crippen molar-refractivity contribution < 1.29 is 28.3 Å².